The second kappa shape index (κ2) is 7.44. The fourth-order valence-corrected chi connectivity index (χ4v) is 2.89. The van der Waals surface area contributed by atoms with Gasteiger partial charge < -0.3 is 15.4 Å². The summed E-state index contributed by atoms with van der Waals surface area (Å²) in [7, 11) is 1.66. The first kappa shape index (κ1) is 17.7. The molecule has 0 unspecified atom stereocenters. The zero-order valence-electron chi connectivity index (χ0n) is 15.8. The molecule has 0 aliphatic carbocycles. The lowest BCUT2D eigenvalue weighted by Gasteiger charge is -2.15. The van der Waals surface area contributed by atoms with Crippen molar-refractivity contribution in [3.05, 3.63) is 65.0 Å². The normalized spacial score (nSPS) is 10.5. The van der Waals surface area contributed by atoms with Gasteiger partial charge in [-0.15, -0.1) is 0 Å². The first-order valence-corrected chi connectivity index (χ1v) is 8.57. The van der Waals surface area contributed by atoms with Gasteiger partial charge in [-0.2, -0.15) is 0 Å². The average molecular weight is 348 g/mol. The number of rotatable bonds is 5. The van der Waals surface area contributed by atoms with Gasteiger partial charge in [0, 0.05) is 11.8 Å². The highest BCUT2D eigenvalue weighted by molar-refractivity contribution is 5.69. The molecule has 134 valence electrons. The summed E-state index contributed by atoms with van der Waals surface area (Å²) in [4.78, 5) is 9.02. The van der Waals surface area contributed by atoms with Gasteiger partial charge in [0.15, 0.2) is 0 Å². The first-order valence-electron chi connectivity index (χ1n) is 8.57. The number of para-hydroxylation sites is 1. The molecule has 2 N–H and O–H groups in total. The van der Waals surface area contributed by atoms with Crippen molar-refractivity contribution in [2.45, 2.75) is 27.7 Å². The second-order valence-electron chi connectivity index (χ2n) is 6.41. The van der Waals surface area contributed by atoms with Crippen LogP contribution in [0.4, 0.5) is 23.0 Å². The molecule has 0 saturated carbocycles. The van der Waals surface area contributed by atoms with Gasteiger partial charge in [-0.05, 0) is 56.5 Å². The molecule has 0 aliphatic rings. The minimum absolute atomic E-state index is 0.690. The number of hydrogen-bond acceptors (Lipinski definition) is 5. The highest BCUT2D eigenvalue weighted by Gasteiger charge is 2.09. The lowest BCUT2D eigenvalue weighted by atomic mass is 10.1. The summed E-state index contributed by atoms with van der Waals surface area (Å²) in [6.45, 7) is 8.10. The molecule has 1 heterocycles. The van der Waals surface area contributed by atoms with E-state index in [-0.39, 0.29) is 0 Å². The predicted octanol–water partition coefficient (Wildman–Crippen LogP) is 5.21. The van der Waals surface area contributed by atoms with Gasteiger partial charge in [-0.25, -0.2) is 9.97 Å². The van der Waals surface area contributed by atoms with Crippen LogP contribution in [0.5, 0.6) is 5.75 Å². The highest BCUT2D eigenvalue weighted by Crippen LogP contribution is 2.29. The van der Waals surface area contributed by atoms with Crippen LogP contribution in [-0.2, 0) is 0 Å². The molecule has 1 aromatic heterocycles. The summed E-state index contributed by atoms with van der Waals surface area (Å²) in [5.74, 6) is 2.94. The summed E-state index contributed by atoms with van der Waals surface area (Å²) in [5, 5.41) is 6.77. The summed E-state index contributed by atoms with van der Waals surface area (Å²) >= 11 is 0. The van der Waals surface area contributed by atoms with E-state index in [0.717, 1.165) is 34.3 Å². The monoisotopic (exact) mass is 348 g/mol. The largest absolute Gasteiger partial charge is 0.495 e. The maximum Gasteiger partial charge on any atom is 0.142 e. The standard InChI is InChI=1S/C21H24N4O/c1-13-9-10-18(26-5)17(11-13)24-19-12-20(23-16(4)22-19)25-21-14(2)7-6-8-15(21)3/h6-12H,1-5H3,(H2,22,23,24,25). The van der Waals surface area contributed by atoms with Crippen molar-refractivity contribution < 1.29 is 4.74 Å². The maximum absolute atomic E-state index is 5.44. The molecule has 0 saturated heterocycles. The number of aromatic nitrogens is 2. The summed E-state index contributed by atoms with van der Waals surface area (Å²) in [6, 6.07) is 14.1. The zero-order chi connectivity index (χ0) is 18.7. The van der Waals surface area contributed by atoms with Crippen molar-refractivity contribution >= 4 is 23.0 Å². The molecule has 5 heteroatoms. The van der Waals surface area contributed by atoms with E-state index in [2.05, 4.69) is 52.6 Å². The Morgan fingerprint density at radius 3 is 2.12 bits per heavy atom. The average Bonchev–Trinajstić information content (AvgIpc) is 2.58. The Morgan fingerprint density at radius 2 is 1.46 bits per heavy atom. The Labute approximate surface area is 154 Å². The van der Waals surface area contributed by atoms with E-state index in [1.54, 1.807) is 7.11 Å². The van der Waals surface area contributed by atoms with E-state index in [1.807, 2.05) is 38.1 Å². The number of ether oxygens (including phenoxy) is 1. The molecule has 2 aromatic carbocycles. The third kappa shape index (κ3) is 3.94. The number of nitrogens with zero attached hydrogens (tertiary/aromatic N) is 2. The quantitative estimate of drug-likeness (QED) is 0.663. The SMILES string of the molecule is COc1ccc(C)cc1Nc1cc(Nc2c(C)cccc2C)nc(C)n1. The zero-order valence-corrected chi connectivity index (χ0v) is 15.8. The second-order valence-corrected chi connectivity index (χ2v) is 6.41. The molecule has 0 fully saturated rings. The highest BCUT2D eigenvalue weighted by atomic mass is 16.5. The van der Waals surface area contributed by atoms with Crippen LogP contribution in [0, 0.1) is 27.7 Å². The Kier molecular flexibility index (Phi) is 5.07. The van der Waals surface area contributed by atoms with Gasteiger partial charge in [-0.3, -0.25) is 0 Å². The van der Waals surface area contributed by atoms with Crippen LogP contribution >= 0.6 is 0 Å². The Bertz CT molecular complexity index is 917. The lowest BCUT2D eigenvalue weighted by Crippen LogP contribution is -2.04. The van der Waals surface area contributed by atoms with Gasteiger partial charge in [0.1, 0.15) is 23.2 Å². The third-order valence-corrected chi connectivity index (χ3v) is 4.19. The Balaban J connectivity index is 1.92. The van der Waals surface area contributed by atoms with E-state index >= 15 is 0 Å². The Hall–Kier alpha value is -3.08. The van der Waals surface area contributed by atoms with Crippen molar-refractivity contribution in [1.82, 2.24) is 9.97 Å². The minimum Gasteiger partial charge on any atom is -0.495 e. The van der Waals surface area contributed by atoms with E-state index in [1.165, 1.54) is 11.1 Å². The van der Waals surface area contributed by atoms with Crippen LogP contribution in [-0.4, -0.2) is 17.1 Å². The molecule has 0 aliphatic heterocycles. The summed E-state index contributed by atoms with van der Waals surface area (Å²) < 4.78 is 5.44. The van der Waals surface area contributed by atoms with Crippen LogP contribution in [0.1, 0.15) is 22.5 Å². The van der Waals surface area contributed by atoms with Gasteiger partial charge in [0.05, 0.1) is 12.8 Å². The topological polar surface area (TPSA) is 59.1 Å². The van der Waals surface area contributed by atoms with Crippen molar-refractivity contribution in [2.75, 3.05) is 17.7 Å². The molecule has 3 aromatic rings. The third-order valence-electron chi connectivity index (χ3n) is 4.19. The molecule has 0 bridgehead atoms. The van der Waals surface area contributed by atoms with Crippen LogP contribution < -0.4 is 15.4 Å². The summed E-state index contributed by atoms with van der Waals surface area (Å²) in [6.07, 6.45) is 0. The van der Waals surface area contributed by atoms with E-state index in [9.17, 15) is 0 Å². The smallest absolute Gasteiger partial charge is 0.142 e. The van der Waals surface area contributed by atoms with Crippen molar-refractivity contribution in [2.24, 2.45) is 0 Å². The lowest BCUT2D eigenvalue weighted by molar-refractivity contribution is 0.416. The number of benzene rings is 2. The number of nitrogens with one attached hydrogen (secondary N) is 2. The van der Waals surface area contributed by atoms with Crippen LogP contribution in [0.15, 0.2) is 42.5 Å². The molecule has 0 amide bonds. The van der Waals surface area contributed by atoms with Crippen LogP contribution in [0.25, 0.3) is 0 Å². The van der Waals surface area contributed by atoms with Gasteiger partial charge in [0.2, 0.25) is 0 Å². The van der Waals surface area contributed by atoms with Crippen LogP contribution in [0.2, 0.25) is 0 Å². The number of methoxy groups -OCH3 is 1. The predicted molar refractivity (Wildman–Crippen MR) is 107 cm³/mol. The molecule has 5 nitrogen and oxygen atoms in total. The van der Waals surface area contributed by atoms with Crippen molar-refractivity contribution in [3.63, 3.8) is 0 Å². The first-order chi connectivity index (χ1) is 12.5. The molecule has 0 radical (unpaired) electrons. The van der Waals surface area contributed by atoms with Gasteiger partial charge in [-0.1, -0.05) is 24.3 Å². The van der Waals surface area contributed by atoms with Crippen molar-refractivity contribution in [1.29, 1.82) is 0 Å². The molecule has 0 spiro atoms. The fourth-order valence-electron chi connectivity index (χ4n) is 2.89. The Morgan fingerprint density at radius 1 is 0.808 bits per heavy atom. The van der Waals surface area contributed by atoms with E-state index in [4.69, 9.17) is 4.74 Å². The van der Waals surface area contributed by atoms with Gasteiger partial charge >= 0.3 is 0 Å². The molecule has 3 rings (SSSR count). The number of hydrogen-bond donors (Lipinski definition) is 2. The van der Waals surface area contributed by atoms with Crippen molar-refractivity contribution in [3.8, 4) is 5.75 Å². The minimum atomic E-state index is 0.690. The molecular weight excluding hydrogens is 324 g/mol. The number of aryl methyl sites for hydroxylation is 4. The molecular formula is C21H24N4O. The fraction of sp³-hybridized carbons (Fsp3) is 0.238. The summed E-state index contributed by atoms with van der Waals surface area (Å²) in [5.41, 5.74) is 5.45. The maximum atomic E-state index is 5.44. The molecule has 0 atom stereocenters. The van der Waals surface area contributed by atoms with E-state index < -0.39 is 0 Å². The van der Waals surface area contributed by atoms with Crippen LogP contribution in [0.3, 0.4) is 0 Å². The van der Waals surface area contributed by atoms with E-state index in [0.29, 0.717) is 5.82 Å². The molecule has 26 heavy (non-hydrogen) atoms. The van der Waals surface area contributed by atoms with Gasteiger partial charge in [0.25, 0.3) is 0 Å². The number of anilines is 4.